The molecule has 0 spiro atoms. The van der Waals surface area contributed by atoms with Gasteiger partial charge in [-0.2, -0.15) is 0 Å². The van der Waals surface area contributed by atoms with Crippen molar-refractivity contribution in [1.29, 1.82) is 0 Å². The van der Waals surface area contributed by atoms with Crippen molar-refractivity contribution in [2.45, 2.75) is 23.3 Å². The summed E-state index contributed by atoms with van der Waals surface area (Å²) >= 11 is 6.20. The molecular formula is C18H20ClFN2O3S. The van der Waals surface area contributed by atoms with Gasteiger partial charge in [0.05, 0.1) is 16.2 Å². The Morgan fingerprint density at radius 3 is 2.42 bits per heavy atom. The first kappa shape index (κ1) is 19.1. The van der Waals surface area contributed by atoms with Crippen LogP contribution in [-0.4, -0.2) is 33.7 Å². The molecular weight excluding hydrogens is 379 g/mol. The van der Waals surface area contributed by atoms with Gasteiger partial charge in [-0.15, -0.1) is 0 Å². The van der Waals surface area contributed by atoms with Gasteiger partial charge < -0.3 is 10.0 Å². The van der Waals surface area contributed by atoms with E-state index in [1.54, 1.807) is 23.1 Å². The summed E-state index contributed by atoms with van der Waals surface area (Å²) in [5.41, 5.74) is -0.0562. The number of nitrogens with one attached hydrogen (secondary N) is 1. The first-order chi connectivity index (χ1) is 12.3. The van der Waals surface area contributed by atoms with Gasteiger partial charge in [0.2, 0.25) is 10.0 Å². The maximum Gasteiger partial charge on any atom is 0.240 e. The molecule has 140 valence electrons. The molecule has 0 radical (unpaired) electrons. The zero-order valence-corrected chi connectivity index (χ0v) is 15.8. The molecule has 0 amide bonds. The summed E-state index contributed by atoms with van der Waals surface area (Å²) in [5, 5.41) is 11.5. The van der Waals surface area contributed by atoms with Crippen LogP contribution in [0.5, 0.6) is 0 Å². The molecule has 0 bridgehead atoms. The molecule has 8 heteroatoms. The number of piperidine rings is 1. The summed E-state index contributed by atoms with van der Waals surface area (Å²) < 4.78 is 40.2. The Morgan fingerprint density at radius 2 is 1.85 bits per heavy atom. The van der Waals surface area contributed by atoms with Gasteiger partial charge in [-0.1, -0.05) is 29.8 Å². The van der Waals surface area contributed by atoms with Crippen molar-refractivity contribution < 1.29 is 17.9 Å². The number of anilines is 1. The summed E-state index contributed by atoms with van der Waals surface area (Å²) in [6.45, 7) is 0.855. The molecule has 1 saturated heterocycles. The molecule has 0 aromatic heterocycles. The fourth-order valence-corrected chi connectivity index (χ4v) is 4.31. The maximum atomic E-state index is 14.5. The normalized spacial score (nSPS) is 17.3. The van der Waals surface area contributed by atoms with E-state index >= 15 is 0 Å². The number of benzene rings is 2. The van der Waals surface area contributed by atoms with E-state index in [1.807, 2.05) is 6.07 Å². The van der Waals surface area contributed by atoms with Crippen molar-refractivity contribution in [2.24, 2.45) is 0 Å². The third kappa shape index (κ3) is 3.57. The number of halogens is 2. The molecule has 2 N–H and O–H groups in total. The van der Waals surface area contributed by atoms with Crippen molar-refractivity contribution in [3.05, 3.63) is 58.9 Å². The minimum absolute atomic E-state index is 0.120. The van der Waals surface area contributed by atoms with Crippen LogP contribution in [0.1, 0.15) is 18.4 Å². The minimum atomic E-state index is -3.69. The molecule has 1 fully saturated rings. The number of hydrogen-bond donors (Lipinski definition) is 2. The molecule has 1 heterocycles. The van der Waals surface area contributed by atoms with Crippen LogP contribution < -0.4 is 9.62 Å². The molecule has 2 aromatic rings. The van der Waals surface area contributed by atoms with Gasteiger partial charge in [-0.3, -0.25) is 0 Å². The highest BCUT2D eigenvalue weighted by molar-refractivity contribution is 7.89. The largest absolute Gasteiger partial charge is 0.385 e. The average Bonchev–Trinajstić information content (AvgIpc) is 2.63. The molecule has 0 unspecified atom stereocenters. The van der Waals surface area contributed by atoms with E-state index in [-0.39, 0.29) is 4.90 Å². The average molecular weight is 399 g/mol. The third-order valence-corrected chi connectivity index (χ3v) is 6.55. The summed E-state index contributed by atoms with van der Waals surface area (Å²) in [4.78, 5) is 1.68. The van der Waals surface area contributed by atoms with Gasteiger partial charge in [-0.05, 0) is 44.2 Å². The van der Waals surface area contributed by atoms with Crippen LogP contribution in [0.2, 0.25) is 5.02 Å². The van der Waals surface area contributed by atoms with Crippen molar-refractivity contribution in [3.8, 4) is 0 Å². The molecule has 2 aromatic carbocycles. The smallest absolute Gasteiger partial charge is 0.240 e. The summed E-state index contributed by atoms with van der Waals surface area (Å²) in [6, 6.07) is 11.0. The molecule has 0 saturated carbocycles. The Kier molecular flexibility index (Phi) is 5.25. The number of aliphatic hydroxyl groups is 1. The standard InChI is InChI=1S/C18H20ClFN2O3S/c1-21-26(24,25)13-6-7-17(16(20)12-13)22-10-8-18(23,9-11-22)14-4-2-3-5-15(14)19/h2-7,12,21,23H,8-11H2,1H3. The van der Waals surface area contributed by atoms with E-state index in [2.05, 4.69) is 4.72 Å². The lowest BCUT2D eigenvalue weighted by molar-refractivity contribution is 0.0118. The highest BCUT2D eigenvalue weighted by Crippen LogP contribution is 2.38. The first-order valence-corrected chi connectivity index (χ1v) is 10.1. The lowest BCUT2D eigenvalue weighted by Crippen LogP contribution is -2.43. The molecule has 5 nitrogen and oxygen atoms in total. The predicted molar refractivity (Wildman–Crippen MR) is 99.4 cm³/mol. The fraction of sp³-hybridized carbons (Fsp3) is 0.333. The predicted octanol–water partition coefficient (Wildman–Crippen LogP) is 2.88. The number of rotatable bonds is 4. The zero-order valence-electron chi connectivity index (χ0n) is 14.2. The van der Waals surface area contributed by atoms with Gasteiger partial charge in [0.15, 0.2) is 0 Å². The summed E-state index contributed by atoms with van der Waals surface area (Å²) in [6.07, 6.45) is 0.791. The number of sulfonamides is 1. The molecule has 0 aliphatic carbocycles. The minimum Gasteiger partial charge on any atom is -0.385 e. The van der Waals surface area contributed by atoms with Crippen LogP contribution in [-0.2, 0) is 15.6 Å². The summed E-state index contributed by atoms with van der Waals surface area (Å²) in [7, 11) is -2.41. The van der Waals surface area contributed by atoms with E-state index < -0.39 is 21.4 Å². The van der Waals surface area contributed by atoms with Crippen LogP contribution in [0.4, 0.5) is 10.1 Å². The molecule has 1 aliphatic heterocycles. The van der Waals surface area contributed by atoms with Crippen LogP contribution >= 0.6 is 11.6 Å². The van der Waals surface area contributed by atoms with Gasteiger partial charge >= 0.3 is 0 Å². The van der Waals surface area contributed by atoms with Gasteiger partial charge in [-0.25, -0.2) is 17.5 Å². The Morgan fingerprint density at radius 1 is 1.19 bits per heavy atom. The Bertz CT molecular complexity index is 912. The van der Waals surface area contributed by atoms with Crippen LogP contribution in [0.25, 0.3) is 0 Å². The van der Waals surface area contributed by atoms with Crippen molar-refractivity contribution in [3.63, 3.8) is 0 Å². The van der Waals surface area contributed by atoms with Crippen LogP contribution in [0.15, 0.2) is 47.4 Å². The second-order valence-electron chi connectivity index (χ2n) is 6.32. The van der Waals surface area contributed by atoms with Crippen LogP contribution in [0.3, 0.4) is 0 Å². The van der Waals surface area contributed by atoms with Gasteiger partial charge in [0, 0.05) is 23.7 Å². The van der Waals surface area contributed by atoms with E-state index in [0.29, 0.717) is 42.2 Å². The Hall–Kier alpha value is -1.67. The maximum absolute atomic E-state index is 14.5. The van der Waals surface area contributed by atoms with Gasteiger partial charge in [0.1, 0.15) is 5.82 Å². The lowest BCUT2D eigenvalue weighted by Gasteiger charge is -2.40. The number of nitrogens with zero attached hydrogens (tertiary/aromatic N) is 1. The fourth-order valence-electron chi connectivity index (χ4n) is 3.25. The van der Waals surface area contributed by atoms with E-state index in [1.165, 1.54) is 19.2 Å². The van der Waals surface area contributed by atoms with Crippen molar-refractivity contribution in [2.75, 3.05) is 25.0 Å². The molecule has 0 atom stereocenters. The van der Waals surface area contributed by atoms with E-state index in [4.69, 9.17) is 11.6 Å². The Labute approximate surface area is 157 Å². The monoisotopic (exact) mass is 398 g/mol. The Balaban J connectivity index is 1.79. The molecule has 3 rings (SSSR count). The third-order valence-electron chi connectivity index (χ3n) is 4.80. The van der Waals surface area contributed by atoms with E-state index in [0.717, 1.165) is 6.07 Å². The van der Waals surface area contributed by atoms with Crippen LogP contribution in [0, 0.1) is 5.82 Å². The quantitative estimate of drug-likeness (QED) is 0.830. The molecule has 1 aliphatic rings. The second-order valence-corrected chi connectivity index (χ2v) is 8.61. The first-order valence-electron chi connectivity index (χ1n) is 8.22. The number of hydrogen-bond acceptors (Lipinski definition) is 4. The van der Waals surface area contributed by atoms with Crippen molar-refractivity contribution in [1.82, 2.24) is 4.72 Å². The topological polar surface area (TPSA) is 69.6 Å². The lowest BCUT2D eigenvalue weighted by atomic mass is 9.84. The zero-order chi connectivity index (χ0) is 18.9. The van der Waals surface area contributed by atoms with E-state index in [9.17, 15) is 17.9 Å². The SMILES string of the molecule is CNS(=O)(=O)c1ccc(N2CCC(O)(c3ccccc3Cl)CC2)c(F)c1. The highest BCUT2D eigenvalue weighted by Gasteiger charge is 2.36. The summed E-state index contributed by atoms with van der Waals surface area (Å²) in [5.74, 6) is -0.607. The van der Waals surface area contributed by atoms with Gasteiger partial charge in [0.25, 0.3) is 0 Å². The molecule has 26 heavy (non-hydrogen) atoms. The van der Waals surface area contributed by atoms with Crippen molar-refractivity contribution >= 4 is 27.3 Å². The second kappa shape index (κ2) is 7.15. The highest BCUT2D eigenvalue weighted by atomic mass is 35.5.